The molecule has 0 bridgehead atoms. The monoisotopic (exact) mass is 430 g/mol. The van der Waals surface area contributed by atoms with E-state index in [0.717, 1.165) is 36.1 Å². The lowest BCUT2D eigenvalue weighted by Crippen LogP contribution is -2.28. The van der Waals surface area contributed by atoms with E-state index in [1.165, 1.54) is 29.7 Å². The molecular weight excluding hydrogens is 407 g/mol. The third-order valence-electron chi connectivity index (χ3n) is 5.21. The molecule has 0 saturated heterocycles. The van der Waals surface area contributed by atoms with E-state index >= 15 is 0 Å². The van der Waals surface area contributed by atoms with Crippen molar-refractivity contribution < 1.29 is 23.1 Å². The van der Waals surface area contributed by atoms with Crippen LogP contribution in [0.3, 0.4) is 0 Å². The maximum absolute atomic E-state index is 13.6. The van der Waals surface area contributed by atoms with Crippen molar-refractivity contribution in [1.82, 2.24) is 5.32 Å². The number of carbonyl (C=O) groups excluding carboxylic acids is 2. The van der Waals surface area contributed by atoms with Gasteiger partial charge in [0.15, 0.2) is 0 Å². The molecule has 1 aromatic carbocycles. The van der Waals surface area contributed by atoms with Crippen LogP contribution >= 0.6 is 11.3 Å². The van der Waals surface area contributed by atoms with Gasteiger partial charge in [-0.15, -0.1) is 11.3 Å². The van der Waals surface area contributed by atoms with Gasteiger partial charge in [-0.25, -0.2) is 4.39 Å². The number of anilines is 1. The van der Waals surface area contributed by atoms with Crippen molar-refractivity contribution in [2.75, 3.05) is 25.6 Å². The van der Waals surface area contributed by atoms with E-state index in [9.17, 15) is 14.0 Å². The third-order valence-corrected chi connectivity index (χ3v) is 6.42. The minimum absolute atomic E-state index is 0.0315. The number of halogens is 1. The lowest BCUT2D eigenvalue weighted by Gasteiger charge is -2.13. The number of ether oxygens (including phenoxy) is 1. The molecule has 1 aliphatic rings. The quantitative estimate of drug-likeness (QED) is 0.554. The van der Waals surface area contributed by atoms with Crippen molar-refractivity contribution >= 4 is 39.1 Å². The summed E-state index contributed by atoms with van der Waals surface area (Å²) in [5.41, 5.74) is 2.73. The minimum Gasteiger partial charge on any atom is -0.464 e. The highest BCUT2D eigenvalue weighted by atomic mass is 32.1. The van der Waals surface area contributed by atoms with Crippen LogP contribution in [0, 0.1) is 5.82 Å². The second kappa shape index (κ2) is 8.97. The van der Waals surface area contributed by atoms with Crippen LogP contribution < -0.4 is 10.6 Å². The number of furan rings is 1. The van der Waals surface area contributed by atoms with Crippen molar-refractivity contribution in [1.29, 1.82) is 0 Å². The summed E-state index contributed by atoms with van der Waals surface area (Å²) in [5.74, 6) is -0.851. The molecule has 6 nitrogen and oxygen atoms in total. The number of hydrogen-bond donors (Lipinski definition) is 2. The predicted octanol–water partition coefficient (Wildman–Crippen LogP) is 4.07. The normalized spacial score (nSPS) is 13.3. The lowest BCUT2D eigenvalue weighted by molar-refractivity contribution is -0.115. The van der Waals surface area contributed by atoms with Gasteiger partial charge in [-0.3, -0.25) is 9.59 Å². The molecule has 0 saturated carbocycles. The van der Waals surface area contributed by atoms with Gasteiger partial charge < -0.3 is 19.8 Å². The van der Waals surface area contributed by atoms with E-state index in [1.54, 1.807) is 13.2 Å². The van der Waals surface area contributed by atoms with Gasteiger partial charge in [0.05, 0.1) is 24.9 Å². The summed E-state index contributed by atoms with van der Waals surface area (Å²) in [5, 5.41) is 6.92. The number of thiophene rings is 1. The third kappa shape index (κ3) is 4.24. The van der Waals surface area contributed by atoms with E-state index < -0.39 is 0 Å². The molecule has 2 aromatic heterocycles. The Labute approximate surface area is 177 Å². The summed E-state index contributed by atoms with van der Waals surface area (Å²) in [6.45, 7) is 0.823. The number of nitrogens with one attached hydrogen (secondary N) is 2. The molecule has 1 aliphatic carbocycles. The molecule has 3 aromatic rings. The highest BCUT2D eigenvalue weighted by Gasteiger charge is 2.26. The SMILES string of the molecule is COCCNC(=O)c1c(NC(=O)Cc2coc3ccc(F)cc23)sc2c1CCCC2. The summed E-state index contributed by atoms with van der Waals surface area (Å²) >= 11 is 1.47. The number of methoxy groups -OCH3 is 1. The molecule has 0 spiro atoms. The predicted molar refractivity (Wildman–Crippen MR) is 114 cm³/mol. The van der Waals surface area contributed by atoms with Crippen molar-refractivity contribution in [3.05, 3.63) is 51.8 Å². The summed E-state index contributed by atoms with van der Waals surface area (Å²) in [4.78, 5) is 26.7. The molecule has 2 amide bonds. The Morgan fingerprint density at radius 3 is 2.93 bits per heavy atom. The fourth-order valence-electron chi connectivity index (χ4n) is 3.78. The van der Waals surface area contributed by atoms with Gasteiger partial charge >= 0.3 is 0 Å². The van der Waals surface area contributed by atoms with Gasteiger partial charge in [0.2, 0.25) is 5.91 Å². The Balaban J connectivity index is 1.55. The van der Waals surface area contributed by atoms with E-state index in [2.05, 4.69) is 10.6 Å². The maximum atomic E-state index is 13.6. The first-order valence-electron chi connectivity index (χ1n) is 9.94. The van der Waals surface area contributed by atoms with Crippen LogP contribution in [0.25, 0.3) is 11.0 Å². The van der Waals surface area contributed by atoms with E-state index in [-0.39, 0.29) is 24.1 Å². The topological polar surface area (TPSA) is 80.6 Å². The van der Waals surface area contributed by atoms with Gasteiger partial charge in [0, 0.05) is 29.5 Å². The first-order valence-corrected chi connectivity index (χ1v) is 10.8. The number of rotatable bonds is 7. The molecule has 0 radical (unpaired) electrons. The molecule has 4 rings (SSSR count). The standard InChI is InChI=1S/C22H23FN2O4S/c1-28-9-8-24-21(27)20-15-4-2-3-5-18(15)30-22(20)25-19(26)10-13-12-29-17-7-6-14(23)11-16(13)17/h6-7,11-12H,2-5,8-10H2,1H3,(H,24,27)(H,25,26). The van der Waals surface area contributed by atoms with Crippen molar-refractivity contribution in [2.45, 2.75) is 32.1 Å². The average Bonchev–Trinajstić information content (AvgIpc) is 3.28. The van der Waals surface area contributed by atoms with E-state index in [4.69, 9.17) is 9.15 Å². The number of hydrogen-bond acceptors (Lipinski definition) is 5. The van der Waals surface area contributed by atoms with Crippen LogP contribution in [0.4, 0.5) is 9.39 Å². The second-order valence-corrected chi connectivity index (χ2v) is 8.40. The van der Waals surface area contributed by atoms with E-state index in [0.29, 0.717) is 40.2 Å². The molecule has 158 valence electrons. The van der Waals surface area contributed by atoms with Gasteiger partial charge in [0.1, 0.15) is 16.4 Å². The molecule has 8 heteroatoms. The van der Waals surface area contributed by atoms with Gasteiger partial charge in [0.25, 0.3) is 5.91 Å². The highest BCUT2D eigenvalue weighted by molar-refractivity contribution is 7.17. The number of benzene rings is 1. The molecule has 0 fully saturated rings. The van der Waals surface area contributed by atoms with Crippen LogP contribution in [-0.4, -0.2) is 32.1 Å². The molecule has 2 heterocycles. The molecule has 0 unspecified atom stereocenters. The Hall–Kier alpha value is -2.71. The second-order valence-electron chi connectivity index (χ2n) is 7.29. The number of carbonyl (C=O) groups is 2. The molecule has 30 heavy (non-hydrogen) atoms. The summed E-state index contributed by atoms with van der Waals surface area (Å²) < 4.78 is 24.0. The Morgan fingerprint density at radius 1 is 1.27 bits per heavy atom. The largest absolute Gasteiger partial charge is 0.464 e. The fraction of sp³-hybridized carbons (Fsp3) is 0.364. The van der Waals surface area contributed by atoms with E-state index in [1.807, 2.05) is 0 Å². The zero-order valence-corrected chi connectivity index (χ0v) is 17.5. The fourth-order valence-corrected chi connectivity index (χ4v) is 5.09. The molecular formula is C22H23FN2O4S. The minimum atomic E-state index is -0.383. The summed E-state index contributed by atoms with van der Waals surface area (Å²) in [7, 11) is 1.58. The average molecular weight is 431 g/mol. The van der Waals surface area contributed by atoms with Crippen LogP contribution in [0.5, 0.6) is 0 Å². The smallest absolute Gasteiger partial charge is 0.254 e. The summed E-state index contributed by atoms with van der Waals surface area (Å²) in [6, 6.07) is 4.22. The molecule has 2 N–H and O–H groups in total. The van der Waals surface area contributed by atoms with Gasteiger partial charge in [-0.1, -0.05) is 0 Å². The number of amides is 2. The zero-order chi connectivity index (χ0) is 21.1. The molecule has 0 atom stereocenters. The lowest BCUT2D eigenvalue weighted by atomic mass is 9.95. The number of aryl methyl sites for hydroxylation is 1. The zero-order valence-electron chi connectivity index (χ0n) is 16.7. The molecule has 0 aliphatic heterocycles. The first kappa shape index (κ1) is 20.6. The van der Waals surface area contributed by atoms with Crippen molar-refractivity contribution in [3.63, 3.8) is 0 Å². The first-order chi connectivity index (χ1) is 14.6. The number of fused-ring (bicyclic) bond motifs is 2. The summed E-state index contributed by atoms with van der Waals surface area (Å²) in [6.07, 6.45) is 5.37. The van der Waals surface area contributed by atoms with Crippen LogP contribution in [0.1, 0.15) is 39.2 Å². The Morgan fingerprint density at radius 2 is 2.10 bits per heavy atom. The van der Waals surface area contributed by atoms with Gasteiger partial charge in [-0.05, 0) is 49.4 Å². The van der Waals surface area contributed by atoms with Crippen molar-refractivity contribution in [3.8, 4) is 0 Å². The van der Waals surface area contributed by atoms with Crippen LogP contribution in [-0.2, 0) is 28.8 Å². The van der Waals surface area contributed by atoms with Gasteiger partial charge in [-0.2, -0.15) is 0 Å². The van der Waals surface area contributed by atoms with Crippen LogP contribution in [0.2, 0.25) is 0 Å². The van der Waals surface area contributed by atoms with Crippen molar-refractivity contribution in [2.24, 2.45) is 0 Å². The maximum Gasteiger partial charge on any atom is 0.254 e. The Bertz CT molecular complexity index is 1090. The Kier molecular flexibility index (Phi) is 6.15. The highest BCUT2D eigenvalue weighted by Crippen LogP contribution is 2.38. The van der Waals surface area contributed by atoms with Crippen LogP contribution in [0.15, 0.2) is 28.9 Å².